The van der Waals surface area contributed by atoms with E-state index < -0.39 is 0 Å². The summed E-state index contributed by atoms with van der Waals surface area (Å²) < 4.78 is 2.30. The number of hydrogen-bond acceptors (Lipinski definition) is 3. The van der Waals surface area contributed by atoms with Crippen molar-refractivity contribution in [1.82, 2.24) is 14.5 Å². The summed E-state index contributed by atoms with van der Waals surface area (Å²) in [6.07, 6.45) is 8.84. The Morgan fingerprint density at radius 1 is 1.14 bits per heavy atom. The van der Waals surface area contributed by atoms with Gasteiger partial charge in [-0.15, -0.1) is 0 Å². The molecule has 0 amide bonds. The van der Waals surface area contributed by atoms with E-state index in [0.29, 0.717) is 16.8 Å². The van der Waals surface area contributed by atoms with E-state index in [0.717, 1.165) is 22.3 Å². The summed E-state index contributed by atoms with van der Waals surface area (Å²) >= 11 is 6.15. The van der Waals surface area contributed by atoms with E-state index in [4.69, 9.17) is 17.3 Å². The van der Waals surface area contributed by atoms with Crippen molar-refractivity contribution in [2.45, 2.75) is 31.7 Å². The lowest BCUT2D eigenvalue weighted by Gasteiger charge is -2.12. The van der Waals surface area contributed by atoms with Crippen LogP contribution in [0.15, 0.2) is 36.8 Å². The van der Waals surface area contributed by atoms with E-state index in [2.05, 4.69) is 26.8 Å². The van der Waals surface area contributed by atoms with Crippen LogP contribution in [0.25, 0.3) is 22.3 Å². The quantitative estimate of drug-likeness (QED) is 0.711. The van der Waals surface area contributed by atoms with Crippen molar-refractivity contribution in [3.63, 3.8) is 0 Å². The van der Waals surface area contributed by atoms with Crippen LogP contribution in [-0.4, -0.2) is 14.5 Å². The lowest BCUT2D eigenvalue weighted by atomic mass is 10.1. The van der Waals surface area contributed by atoms with E-state index >= 15 is 0 Å². The average molecular weight is 313 g/mol. The van der Waals surface area contributed by atoms with Crippen molar-refractivity contribution in [1.29, 1.82) is 0 Å². The van der Waals surface area contributed by atoms with Gasteiger partial charge in [-0.05, 0) is 31.0 Å². The van der Waals surface area contributed by atoms with Gasteiger partial charge in [0.05, 0.1) is 16.4 Å². The smallest absolute Gasteiger partial charge is 0.144 e. The Morgan fingerprint density at radius 2 is 1.95 bits per heavy atom. The highest BCUT2D eigenvalue weighted by Gasteiger charge is 2.20. The number of nitrogens with two attached hydrogens (primary N) is 1. The fourth-order valence-electron chi connectivity index (χ4n) is 3.35. The summed E-state index contributed by atoms with van der Waals surface area (Å²) in [5.74, 6) is 0. The summed E-state index contributed by atoms with van der Waals surface area (Å²) in [6, 6.07) is 8.31. The Labute approximate surface area is 133 Å². The lowest BCUT2D eigenvalue weighted by molar-refractivity contribution is 0.532. The van der Waals surface area contributed by atoms with Crippen molar-refractivity contribution >= 4 is 28.3 Å². The molecule has 0 spiro atoms. The first-order chi connectivity index (χ1) is 10.7. The molecule has 1 saturated carbocycles. The molecule has 1 fully saturated rings. The molecule has 4 rings (SSSR count). The molecular formula is C17H17ClN4. The molecule has 2 heterocycles. The minimum absolute atomic E-state index is 0.555. The molecule has 3 aromatic rings. The maximum absolute atomic E-state index is 6.15. The van der Waals surface area contributed by atoms with Crippen LogP contribution in [0.1, 0.15) is 31.7 Å². The molecule has 1 aliphatic rings. The van der Waals surface area contributed by atoms with Crippen LogP contribution < -0.4 is 5.73 Å². The standard InChI is InChI=1S/C17H17ClN4/c18-14-9-11(5-6-15(14)19)16-13-7-8-22(12-3-1-2-4-12)17(13)21-10-20-16/h5-10,12H,1-4,19H2. The number of fused-ring (bicyclic) bond motifs is 1. The first-order valence-corrected chi connectivity index (χ1v) is 7.99. The Morgan fingerprint density at radius 3 is 2.73 bits per heavy atom. The molecule has 0 aliphatic heterocycles. The van der Waals surface area contributed by atoms with Gasteiger partial charge in [-0.25, -0.2) is 9.97 Å². The molecule has 5 heteroatoms. The number of halogens is 1. The third-order valence-electron chi connectivity index (χ3n) is 4.50. The van der Waals surface area contributed by atoms with Gasteiger partial charge in [-0.1, -0.05) is 30.5 Å². The largest absolute Gasteiger partial charge is 0.398 e. The number of nitrogen functional groups attached to an aromatic ring is 1. The number of rotatable bonds is 2. The van der Waals surface area contributed by atoms with Gasteiger partial charge in [0.15, 0.2) is 0 Å². The summed E-state index contributed by atoms with van der Waals surface area (Å²) in [7, 11) is 0. The van der Waals surface area contributed by atoms with Crippen molar-refractivity contribution < 1.29 is 0 Å². The SMILES string of the molecule is Nc1ccc(-c2ncnc3c2ccn3C2CCCC2)cc1Cl. The molecule has 0 saturated heterocycles. The van der Waals surface area contributed by atoms with Gasteiger partial charge in [0.2, 0.25) is 0 Å². The monoisotopic (exact) mass is 312 g/mol. The predicted molar refractivity (Wildman–Crippen MR) is 89.9 cm³/mol. The molecule has 2 aromatic heterocycles. The van der Waals surface area contributed by atoms with Gasteiger partial charge < -0.3 is 10.3 Å². The fourth-order valence-corrected chi connectivity index (χ4v) is 3.53. The van der Waals surface area contributed by atoms with Gasteiger partial charge in [-0.3, -0.25) is 0 Å². The Kier molecular flexibility index (Phi) is 3.26. The van der Waals surface area contributed by atoms with Crippen LogP contribution in [0.2, 0.25) is 5.02 Å². The van der Waals surface area contributed by atoms with Gasteiger partial charge in [-0.2, -0.15) is 0 Å². The van der Waals surface area contributed by atoms with Crippen molar-refractivity contribution in [3.05, 3.63) is 41.8 Å². The van der Waals surface area contributed by atoms with Crippen molar-refractivity contribution in [2.75, 3.05) is 5.73 Å². The van der Waals surface area contributed by atoms with Crippen LogP contribution in [0.4, 0.5) is 5.69 Å². The molecule has 22 heavy (non-hydrogen) atoms. The van der Waals surface area contributed by atoms with E-state index in [1.54, 1.807) is 6.33 Å². The highest BCUT2D eigenvalue weighted by molar-refractivity contribution is 6.33. The van der Waals surface area contributed by atoms with Crippen LogP contribution in [0.3, 0.4) is 0 Å². The number of hydrogen-bond donors (Lipinski definition) is 1. The number of nitrogens with zero attached hydrogens (tertiary/aromatic N) is 3. The van der Waals surface area contributed by atoms with Gasteiger partial charge in [0.25, 0.3) is 0 Å². The first-order valence-electron chi connectivity index (χ1n) is 7.61. The molecular weight excluding hydrogens is 296 g/mol. The summed E-state index contributed by atoms with van der Waals surface area (Å²) in [6.45, 7) is 0. The minimum atomic E-state index is 0.555. The molecule has 2 N–H and O–H groups in total. The highest BCUT2D eigenvalue weighted by Crippen LogP contribution is 2.35. The predicted octanol–water partition coefficient (Wildman–Crippen LogP) is 4.45. The van der Waals surface area contributed by atoms with E-state index in [1.165, 1.54) is 25.7 Å². The zero-order chi connectivity index (χ0) is 15.1. The number of anilines is 1. The second-order valence-electron chi connectivity index (χ2n) is 5.86. The Balaban J connectivity index is 1.86. The third kappa shape index (κ3) is 2.15. The molecule has 0 atom stereocenters. The normalized spacial score (nSPS) is 15.7. The molecule has 0 unspecified atom stereocenters. The zero-order valence-corrected chi connectivity index (χ0v) is 12.9. The average Bonchev–Trinajstić information content (AvgIpc) is 3.18. The molecule has 1 aromatic carbocycles. The maximum atomic E-state index is 6.15. The summed E-state index contributed by atoms with van der Waals surface area (Å²) in [4.78, 5) is 8.97. The second-order valence-corrected chi connectivity index (χ2v) is 6.26. The fraction of sp³-hybridized carbons (Fsp3) is 0.294. The van der Waals surface area contributed by atoms with Crippen LogP contribution in [0.5, 0.6) is 0 Å². The van der Waals surface area contributed by atoms with E-state index in [9.17, 15) is 0 Å². The Hall–Kier alpha value is -2.07. The first kappa shape index (κ1) is 13.6. The van der Waals surface area contributed by atoms with Crippen molar-refractivity contribution in [2.24, 2.45) is 0 Å². The lowest BCUT2D eigenvalue weighted by Crippen LogP contribution is -2.04. The van der Waals surface area contributed by atoms with Crippen LogP contribution >= 0.6 is 11.6 Å². The third-order valence-corrected chi connectivity index (χ3v) is 4.83. The molecule has 112 valence electrons. The molecule has 4 nitrogen and oxygen atoms in total. The summed E-state index contributed by atoms with van der Waals surface area (Å²) in [5, 5.41) is 1.62. The highest BCUT2D eigenvalue weighted by atomic mass is 35.5. The molecule has 0 bridgehead atoms. The second kappa shape index (κ2) is 5.29. The van der Waals surface area contributed by atoms with Crippen LogP contribution in [-0.2, 0) is 0 Å². The van der Waals surface area contributed by atoms with Crippen molar-refractivity contribution in [3.8, 4) is 11.3 Å². The maximum Gasteiger partial charge on any atom is 0.144 e. The van der Waals surface area contributed by atoms with Crippen LogP contribution in [0, 0.1) is 0 Å². The zero-order valence-electron chi connectivity index (χ0n) is 12.2. The topological polar surface area (TPSA) is 56.7 Å². The van der Waals surface area contributed by atoms with E-state index in [1.807, 2.05) is 18.2 Å². The van der Waals surface area contributed by atoms with Gasteiger partial charge in [0, 0.05) is 23.2 Å². The number of benzene rings is 1. The molecule has 0 radical (unpaired) electrons. The minimum Gasteiger partial charge on any atom is -0.398 e. The Bertz CT molecular complexity index is 834. The number of aromatic nitrogens is 3. The molecule has 1 aliphatic carbocycles. The van der Waals surface area contributed by atoms with Gasteiger partial charge >= 0.3 is 0 Å². The van der Waals surface area contributed by atoms with Gasteiger partial charge in [0.1, 0.15) is 12.0 Å². The van der Waals surface area contributed by atoms with E-state index in [-0.39, 0.29) is 0 Å². The summed E-state index contributed by atoms with van der Waals surface area (Å²) in [5.41, 5.74) is 9.26.